The fourth-order valence-electron chi connectivity index (χ4n) is 2.65. The summed E-state index contributed by atoms with van der Waals surface area (Å²) >= 11 is 0.777. The number of carbonyl (C=O) groups is 1. The maximum absolute atomic E-state index is 11.3. The molecule has 3 aromatic carbocycles. The van der Waals surface area contributed by atoms with Gasteiger partial charge in [-0.3, -0.25) is 9.78 Å². The summed E-state index contributed by atoms with van der Waals surface area (Å²) in [6.45, 7) is 4.47. The number of amides is 1. The van der Waals surface area contributed by atoms with Crippen molar-refractivity contribution in [2.24, 2.45) is 5.73 Å². The van der Waals surface area contributed by atoms with Crippen LogP contribution in [0.15, 0.2) is 96.2 Å². The van der Waals surface area contributed by atoms with Gasteiger partial charge < -0.3 is 15.6 Å². The Kier molecular flexibility index (Phi) is 11.0. The Hall–Kier alpha value is -3.19. The number of pyridine rings is 1. The SMILES string of the molecule is Cc1ccc(SO)cc1.Cc1ccccc1.NCCC(=O)Nc1ccc2cnccc2c1. The van der Waals surface area contributed by atoms with Crippen molar-refractivity contribution in [1.82, 2.24) is 4.98 Å². The summed E-state index contributed by atoms with van der Waals surface area (Å²) in [4.78, 5) is 16.3. The predicted octanol–water partition coefficient (Wildman–Crippen LogP) is 6.08. The number of nitrogens with one attached hydrogen (secondary N) is 1. The van der Waals surface area contributed by atoms with Crippen molar-refractivity contribution in [3.8, 4) is 0 Å². The Morgan fingerprint density at radius 1 is 0.938 bits per heavy atom. The summed E-state index contributed by atoms with van der Waals surface area (Å²) < 4.78 is 8.55. The average Bonchev–Trinajstić information content (AvgIpc) is 2.81. The monoisotopic (exact) mass is 447 g/mol. The largest absolute Gasteiger partial charge is 0.330 e. The van der Waals surface area contributed by atoms with Crippen LogP contribution < -0.4 is 11.1 Å². The minimum absolute atomic E-state index is 0.0593. The molecule has 0 fully saturated rings. The highest BCUT2D eigenvalue weighted by Crippen LogP contribution is 2.18. The Bertz CT molecular complexity index is 1090. The van der Waals surface area contributed by atoms with Gasteiger partial charge in [0.1, 0.15) is 0 Å². The highest BCUT2D eigenvalue weighted by molar-refractivity contribution is 7.93. The van der Waals surface area contributed by atoms with Crippen molar-refractivity contribution in [3.05, 3.63) is 102 Å². The molecule has 0 spiro atoms. The lowest BCUT2D eigenvalue weighted by molar-refractivity contribution is -0.116. The molecule has 5 nitrogen and oxygen atoms in total. The standard InChI is InChI=1S/C12H13N3O.C7H8OS.C7H8/c13-5-3-12(16)15-11-2-1-10-8-14-6-4-9(10)7-11;1-6-2-4-7(9-8)5-3-6;1-7-5-3-2-4-6-7/h1-2,4,6-8H,3,5,13H2,(H,15,16);2-5,8H,1H3;2-6H,1H3. The second-order valence-electron chi connectivity index (χ2n) is 7.08. The Labute approximate surface area is 193 Å². The van der Waals surface area contributed by atoms with Crippen LogP contribution in [0.2, 0.25) is 0 Å². The molecule has 32 heavy (non-hydrogen) atoms. The molecule has 4 aromatic rings. The van der Waals surface area contributed by atoms with Crippen molar-refractivity contribution in [1.29, 1.82) is 0 Å². The minimum Gasteiger partial charge on any atom is -0.330 e. The Morgan fingerprint density at radius 2 is 1.62 bits per heavy atom. The molecule has 0 saturated heterocycles. The van der Waals surface area contributed by atoms with E-state index in [9.17, 15) is 4.79 Å². The molecule has 0 bridgehead atoms. The first-order valence-electron chi connectivity index (χ1n) is 10.2. The second-order valence-corrected chi connectivity index (χ2v) is 7.74. The number of carbonyl (C=O) groups excluding carboxylic acids is 1. The normalized spacial score (nSPS) is 9.75. The van der Waals surface area contributed by atoms with Crippen LogP contribution in [0.25, 0.3) is 10.8 Å². The van der Waals surface area contributed by atoms with E-state index in [1.54, 1.807) is 12.4 Å². The summed E-state index contributed by atoms with van der Waals surface area (Å²) in [5, 5.41) is 4.91. The molecule has 0 saturated carbocycles. The molecule has 0 aliphatic carbocycles. The van der Waals surface area contributed by atoms with Crippen LogP contribution >= 0.6 is 12.0 Å². The van der Waals surface area contributed by atoms with E-state index in [1.807, 2.05) is 73.7 Å². The number of benzene rings is 3. The van der Waals surface area contributed by atoms with Gasteiger partial charge in [0.15, 0.2) is 0 Å². The van der Waals surface area contributed by atoms with E-state index >= 15 is 0 Å². The van der Waals surface area contributed by atoms with Crippen molar-refractivity contribution < 1.29 is 9.35 Å². The molecule has 0 aliphatic rings. The summed E-state index contributed by atoms with van der Waals surface area (Å²) in [7, 11) is 0. The van der Waals surface area contributed by atoms with Gasteiger partial charge in [-0.15, -0.1) is 0 Å². The first-order chi connectivity index (χ1) is 15.5. The van der Waals surface area contributed by atoms with Crippen molar-refractivity contribution in [2.45, 2.75) is 25.2 Å². The third-order valence-electron chi connectivity index (χ3n) is 4.36. The van der Waals surface area contributed by atoms with E-state index in [4.69, 9.17) is 10.3 Å². The molecule has 0 atom stereocenters. The van der Waals surface area contributed by atoms with E-state index in [2.05, 4.69) is 29.4 Å². The van der Waals surface area contributed by atoms with Gasteiger partial charge in [-0.05, 0) is 49.6 Å². The Morgan fingerprint density at radius 3 is 2.22 bits per heavy atom. The van der Waals surface area contributed by atoms with Crippen LogP contribution in [-0.4, -0.2) is 22.0 Å². The van der Waals surface area contributed by atoms with Gasteiger partial charge in [-0.25, -0.2) is 0 Å². The Balaban J connectivity index is 0.000000191. The maximum atomic E-state index is 11.3. The van der Waals surface area contributed by atoms with E-state index in [-0.39, 0.29) is 5.91 Å². The van der Waals surface area contributed by atoms with Crippen LogP contribution in [0, 0.1) is 13.8 Å². The molecule has 1 aromatic heterocycles. The zero-order chi connectivity index (χ0) is 23.2. The van der Waals surface area contributed by atoms with Gasteiger partial charge in [-0.2, -0.15) is 0 Å². The number of rotatable bonds is 4. The molecule has 0 aliphatic heterocycles. The van der Waals surface area contributed by atoms with Gasteiger partial charge in [0.2, 0.25) is 5.91 Å². The topological polar surface area (TPSA) is 88.2 Å². The van der Waals surface area contributed by atoms with Gasteiger partial charge in [0.05, 0.1) is 0 Å². The quantitative estimate of drug-likeness (QED) is 0.330. The molecule has 0 radical (unpaired) electrons. The molecule has 1 amide bonds. The van der Waals surface area contributed by atoms with Gasteiger partial charge in [0.25, 0.3) is 0 Å². The van der Waals surface area contributed by atoms with Gasteiger partial charge >= 0.3 is 0 Å². The van der Waals surface area contributed by atoms with Crippen molar-refractivity contribution >= 4 is 34.4 Å². The predicted molar refractivity (Wildman–Crippen MR) is 135 cm³/mol. The fourth-order valence-corrected chi connectivity index (χ4v) is 2.91. The third kappa shape index (κ3) is 9.31. The van der Waals surface area contributed by atoms with Gasteiger partial charge in [0, 0.05) is 53.4 Å². The molecule has 4 rings (SSSR count). The number of anilines is 1. The molecular formula is C26H29N3O2S. The number of nitrogens with two attached hydrogens (primary N) is 1. The zero-order valence-electron chi connectivity index (χ0n) is 18.4. The number of hydrogen-bond donors (Lipinski definition) is 3. The van der Waals surface area contributed by atoms with Crippen LogP contribution in [0.4, 0.5) is 5.69 Å². The molecule has 4 N–H and O–H groups in total. The summed E-state index contributed by atoms with van der Waals surface area (Å²) in [6.07, 6.45) is 3.86. The molecular weight excluding hydrogens is 418 g/mol. The lowest BCUT2D eigenvalue weighted by atomic mass is 10.1. The summed E-state index contributed by atoms with van der Waals surface area (Å²) in [5.74, 6) is -0.0593. The van der Waals surface area contributed by atoms with Crippen molar-refractivity contribution in [2.75, 3.05) is 11.9 Å². The number of aryl methyl sites for hydroxylation is 2. The van der Waals surface area contributed by atoms with Crippen LogP contribution in [0.3, 0.4) is 0 Å². The average molecular weight is 448 g/mol. The van der Waals surface area contributed by atoms with E-state index in [0.717, 1.165) is 33.4 Å². The molecule has 0 unspecified atom stereocenters. The lowest BCUT2D eigenvalue weighted by Gasteiger charge is -2.05. The minimum atomic E-state index is -0.0593. The fraction of sp³-hybridized carbons (Fsp3) is 0.154. The van der Waals surface area contributed by atoms with Gasteiger partial charge in [-0.1, -0.05) is 59.7 Å². The van der Waals surface area contributed by atoms with Crippen molar-refractivity contribution in [3.63, 3.8) is 0 Å². The van der Waals surface area contributed by atoms with Crippen LogP contribution in [0.1, 0.15) is 17.5 Å². The zero-order valence-corrected chi connectivity index (χ0v) is 19.2. The van der Waals surface area contributed by atoms with E-state index in [1.165, 1.54) is 11.1 Å². The number of fused-ring (bicyclic) bond motifs is 1. The number of hydrogen-bond acceptors (Lipinski definition) is 5. The highest BCUT2D eigenvalue weighted by atomic mass is 32.2. The summed E-state index contributed by atoms with van der Waals surface area (Å²) in [5.41, 5.74) is 8.63. The first kappa shape index (κ1) is 25.1. The van der Waals surface area contributed by atoms with Crippen LogP contribution in [-0.2, 0) is 4.79 Å². The van der Waals surface area contributed by atoms with E-state index < -0.39 is 0 Å². The van der Waals surface area contributed by atoms with E-state index in [0.29, 0.717) is 13.0 Å². The second kappa shape index (κ2) is 14.0. The molecule has 6 heteroatoms. The number of aromatic nitrogens is 1. The first-order valence-corrected chi connectivity index (χ1v) is 11.0. The molecule has 166 valence electrons. The summed E-state index contributed by atoms with van der Waals surface area (Å²) in [6, 6.07) is 25.6. The maximum Gasteiger partial charge on any atom is 0.225 e. The third-order valence-corrected chi connectivity index (χ3v) is 4.85. The molecule has 1 heterocycles. The highest BCUT2D eigenvalue weighted by Gasteiger charge is 2.01. The number of nitrogens with zero attached hydrogens (tertiary/aromatic N) is 1. The lowest BCUT2D eigenvalue weighted by Crippen LogP contribution is -2.16. The smallest absolute Gasteiger partial charge is 0.225 e. The van der Waals surface area contributed by atoms with Crippen LogP contribution in [0.5, 0.6) is 0 Å².